The number of hydrogen-bond acceptors (Lipinski definition) is 0. The molecule has 0 bridgehead atoms. The van der Waals surface area contributed by atoms with E-state index in [0.717, 1.165) is 0 Å². The van der Waals surface area contributed by atoms with E-state index in [4.69, 9.17) is 9.90 Å². The molecule has 0 spiro atoms. The molecule has 2 nitrogen and oxygen atoms in total. The fourth-order valence-corrected chi connectivity index (χ4v) is 0. The molecule has 30 valence electrons. The Balaban J connectivity index is 0. The van der Waals surface area contributed by atoms with Crippen LogP contribution in [0.2, 0.25) is 0 Å². The molecule has 0 heterocycles. The summed E-state index contributed by atoms with van der Waals surface area (Å²) in [7, 11) is 0. The molecular weight excluding hydrogens is 157 g/mol. The summed E-state index contributed by atoms with van der Waals surface area (Å²) < 4.78 is 0. The van der Waals surface area contributed by atoms with Crippen LogP contribution in [0.5, 0.6) is 0 Å². The Morgan fingerprint density at radius 2 is 1.80 bits per heavy atom. The third-order valence-corrected chi connectivity index (χ3v) is 0. The molecule has 0 aliphatic rings. The van der Waals surface area contributed by atoms with E-state index >= 15 is 0 Å². The minimum absolute atomic E-state index is 0. The van der Waals surface area contributed by atoms with Gasteiger partial charge in [0, 0.05) is 0 Å². The normalized spacial score (nSPS) is 5.00. The standard InChI is InChI=1S/C2H4O2.Ru/c1-2(3)4;/h1H3,(H,3,4);/q;+2/p+2. The number of carbonyl (C=O) groups excluding carboxylic acids is 1. The first-order valence-corrected chi connectivity index (χ1v) is 0.974. The van der Waals surface area contributed by atoms with E-state index in [1.54, 1.807) is 0 Å². The number of rotatable bonds is 0. The first kappa shape index (κ1) is 8.92. The molecule has 0 atom stereocenters. The summed E-state index contributed by atoms with van der Waals surface area (Å²) in [5, 5.41) is 6.06. The Morgan fingerprint density at radius 1 is 1.80 bits per heavy atom. The van der Waals surface area contributed by atoms with Gasteiger partial charge in [-0.2, -0.15) is 0 Å². The quantitative estimate of drug-likeness (QED) is 0.332. The SMILES string of the molecule is CC(=[OH+])[OH2+].[Ru+2]. The van der Waals surface area contributed by atoms with Gasteiger partial charge in [0.25, 0.3) is 0 Å². The van der Waals surface area contributed by atoms with Crippen molar-refractivity contribution < 1.29 is 29.4 Å². The van der Waals surface area contributed by atoms with E-state index in [2.05, 4.69) is 0 Å². The maximum absolute atomic E-state index is 7.64. The van der Waals surface area contributed by atoms with Crippen molar-refractivity contribution in [3.8, 4) is 0 Å². The molecule has 0 aromatic heterocycles. The van der Waals surface area contributed by atoms with Crippen LogP contribution in [0.4, 0.5) is 0 Å². The van der Waals surface area contributed by atoms with Crippen molar-refractivity contribution in [1.82, 2.24) is 0 Å². The Bertz CT molecular complexity index is 30.6. The summed E-state index contributed by atoms with van der Waals surface area (Å²) in [6.45, 7) is 1.31. The van der Waals surface area contributed by atoms with Gasteiger partial charge in [-0.25, -0.2) is 4.79 Å². The average molecular weight is 163 g/mol. The van der Waals surface area contributed by atoms with Crippen LogP contribution in [0.3, 0.4) is 0 Å². The van der Waals surface area contributed by atoms with Crippen molar-refractivity contribution in [3.05, 3.63) is 0 Å². The van der Waals surface area contributed by atoms with Crippen molar-refractivity contribution in [2.24, 2.45) is 0 Å². The summed E-state index contributed by atoms with van der Waals surface area (Å²) in [5.74, 6) is -0.333. The van der Waals surface area contributed by atoms with Crippen molar-refractivity contribution in [2.45, 2.75) is 6.92 Å². The Kier molecular flexibility index (Phi) is 7.30. The Hall–Kier alpha value is 0.0934. The minimum atomic E-state index is -0.333. The van der Waals surface area contributed by atoms with Crippen LogP contribution in [-0.2, 0) is 19.5 Å². The van der Waals surface area contributed by atoms with Crippen LogP contribution >= 0.6 is 0 Å². The third-order valence-electron chi connectivity index (χ3n) is 0. The Labute approximate surface area is 42.9 Å². The fraction of sp³-hybridized carbons (Fsp3) is 0.500. The summed E-state index contributed by atoms with van der Waals surface area (Å²) in [6, 6.07) is 0. The van der Waals surface area contributed by atoms with Gasteiger partial charge in [0.05, 0.1) is 0 Å². The van der Waals surface area contributed by atoms with E-state index in [1.807, 2.05) is 0 Å². The van der Waals surface area contributed by atoms with Crippen molar-refractivity contribution in [1.29, 1.82) is 0 Å². The molecule has 0 saturated carbocycles. The molecule has 3 N–H and O–H groups in total. The monoisotopic (exact) mass is 164 g/mol. The van der Waals surface area contributed by atoms with E-state index in [1.165, 1.54) is 6.92 Å². The van der Waals surface area contributed by atoms with Crippen molar-refractivity contribution in [2.75, 3.05) is 0 Å². The molecule has 0 aromatic rings. The van der Waals surface area contributed by atoms with E-state index < -0.39 is 0 Å². The van der Waals surface area contributed by atoms with Crippen LogP contribution in [0.15, 0.2) is 0 Å². The fourth-order valence-electron chi connectivity index (χ4n) is 0. The van der Waals surface area contributed by atoms with Gasteiger partial charge in [-0.15, -0.1) is 0 Å². The molecule has 0 amide bonds. The van der Waals surface area contributed by atoms with Gasteiger partial charge < -0.3 is 5.11 Å². The van der Waals surface area contributed by atoms with E-state index in [0.29, 0.717) is 0 Å². The van der Waals surface area contributed by atoms with Gasteiger partial charge in [-0.05, 0) is 0 Å². The summed E-state index contributed by atoms with van der Waals surface area (Å²) in [5.41, 5.74) is 0. The smallest absolute Gasteiger partial charge is 0.524 e. The summed E-state index contributed by atoms with van der Waals surface area (Å²) in [4.78, 5) is 7.64. The van der Waals surface area contributed by atoms with Crippen molar-refractivity contribution >= 4 is 5.97 Å². The van der Waals surface area contributed by atoms with Crippen LogP contribution in [0.25, 0.3) is 0 Å². The van der Waals surface area contributed by atoms with Gasteiger partial charge in [-0.3, -0.25) is 0 Å². The molecule has 0 fully saturated rings. The second kappa shape index (κ2) is 4.09. The number of hydrogen-bond donors (Lipinski definition) is 0. The molecule has 3 heteroatoms. The maximum Gasteiger partial charge on any atom is 2.00 e. The average Bonchev–Trinajstić information content (AvgIpc) is 0.811. The molecule has 0 unspecified atom stereocenters. The van der Waals surface area contributed by atoms with E-state index in [-0.39, 0.29) is 25.4 Å². The second-order valence-electron chi connectivity index (χ2n) is 0.585. The third kappa shape index (κ3) is 2060. The first-order chi connectivity index (χ1) is 1.73. The zero-order chi connectivity index (χ0) is 3.58. The van der Waals surface area contributed by atoms with Gasteiger partial charge in [0.1, 0.15) is 6.92 Å². The van der Waals surface area contributed by atoms with Gasteiger partial charge >= 0.3 is 25.4 Å². The molecular formula is C2H6O2Ru+4. The van der Waals surface area contributed by atoms with Gasteiger partial charge in [0.2, 0.25) is 0 Å². The Morgan fingerprint density at radius 3 is 1.80 bits per heavy atom. The molecule has 0 saturated heterocycles. The molecule has 0 aliphatic heterocycles. The summed E-state index contributed by atoms with van der Waals surface area (Å²) in [6.07, 6.45) is 0. The van der Waals surface area contributed by atoms with Crippen LogP contribution in [-0.4, -0.2) is 15.9 Å². The second-order valence-corrected chi connectivity index (χ2v) is 0.585. The van der Waals surface area contributed by atoms with Crippen LogP contribution in [0.1, 0.15) is 6.92 Å². The van der Waals surface area contributed by atoms with Gasteiger partial charge in [0.15, 0.2) is 0 Å². The van der Waals surface area contributed by atoms with Crippen LogP contribution < -0.4 is 0 Å². The molecule has 0 aromatic carbocycles. The first-order valence-electron chi connectivity index (χ1n) is 0.974. The zero-order valence-electron chi connectivity index (χ0n) is 2.80. The van der Waals surface area contributed by atoms with Gasteiger partial charge in [-0.1, -0.05) is 0 Å². The van der Waals surface area contributed by atoms with Crippen molar-refractivity contribution in [3.63, 3.8) is 0 Å². The minimum Gasteiger partial charge on any atom is -0.524 e. The predicted molar refractivity (Wildman–Crippen MR) is 16.2 cm³/mol. The molecule has 5 heavy (non-hydrogen) atoms. The summed E-state index contributed by atoms with van der Waals surface area (Å²) >= 11 is 0. The van der Waals surface area contributed by atoms with Crippen LogP contribution in [0, 0.1) is 0 Å². The zero-order valence-corrected chi connectivity index (χ0v) is 4.54. The molecule has 0 radical (unpaired) electrons. The molecule has 0 rings (SSSR count). The largest absolute Gasteiger partial charge is 2.00 e. The molecule has 0 aliphatic carbocycles. The maximum atomic E-state index is 7.64. The topological polar surface area (TPSA) is 44.3 Å². The van der Waals surface area contributed by atoms with E-state index in [9.17, 15) is 0 Å². The predicted octanol–water partition coefficient (Wildman–Crippen LogP) is -0.769.